The van der Waals surface area contributed by atoms with Gasteiger partial charge in [-0.3, -0.25) is 4.79 Å². The third-order valence-electron chi connectivity index (χ3n) is 4.27. The van der Waals surface area contributed by atoms with Crippen LogP contribution in [0.5, 0.6) is 0 Å². The molecule has 0 saturated carbocycles. The molecule has 0 unspecified atom stereocenters. The molecule has 1 heterocycles. The lowest BCUT2D eigenvalue weighted by atomic mass is 10.2. The van der Waals surface area contributed by atoms with Crippen molar-refractivity contribution in [2.24, 2.45) is 0 Å². The summed E-state index contributed by atoms with van der Waals surface area (Å²) >= 11 is 15.2. The second-order valence-electron chi connectivity index (χ2n) is 6.58. The highest BCUT2D eigenvalue weighted by Gasteiger charge is 2.14. The Kier molecular flexibility index (Phi) is 8.50. The van der Waals surface area contributed by atoms with Crippen LogP contribution in [-0.4, -0.2) is 26.4 Å². The Bertz CT molecular complexity index is 1010. The van der Waals surface area contributed by atoms with E-state index in [9.17, 15) is 4.79 Å². The van der Waals surface area contributed by atoms with Gasteiger partial charge in [0.25, 0.3) is 0 Å². The second-order valence-corrected chi connectivity index (χ2v) is 9.35. The number of nitrogens with zero attached hydrogens (tertiary/aromatic N) is 3. The van der Waals surface area contributed by atoms with Crippen LogP contribution in [0.3, 0.4) is 0 Å². The van der Waals surface area contributed by atoms with E-state index < -0.39 is 0 Å². The van der Waals surface area contributed by atoms with Crippen molar-refractivity contribution in [1.82, 2.24) is 14.8 Å². The highest BCUT2D eigenvalue weighted by molar-refractivity contribution is 7.99. The zero-order valence-electron chi connectivity index (χ0n) is 16.7. The number of aromatic nitrogens is 3. The maximum Gasteiger partial charge on any atom is 0.234 e. The monoisotopic (exact) mass is 480 g/mol. The Morgan fingerprint density at radius 2 is 1.87 bits per heavy atom. The number of amides is 1. The molecule has 158 valence electrons. The molecule has 0 aliphatic carbocycles. The number of hydrogen-bond acceptors (Lipinski definition) is 5. The van der Waals surface area contributed by atoms with Crippen molar-refractivity contribution in [3.63, 3.8) is 0 Å². The predicted molar refractivity (Wildman–Crippen MR) is 128 cm³/mol. The van der Waals surface area contributed by atoms with Gasteiger partial charge in [-0.2, -0.15) is 0 Å². The Balaban J connectivity index is 1.53. The van der Waals surface area contributed by atoms with Gasteiger partial charge in [0, 0.05) is 17.3 Å². The molecular formula is C21H22Cl2N4OS2. The molecule has 0 fully saturated rings. The van der Waals surface area contributed by atoms with E-state index >= 15 is 0 Å². The van der Waals surface area contributed by atoms with Gasteiger partial charge in [-0.15, -0.1) is 22.0 Å². The SMILES string of the molecule is CCn1c(CSCc2ccc(C)cc2)nnc1SCC(=O)Nc1cc(Cl)ccc1Cl. The minimum Gasteiger partial charge on any atom is -0.324 e. The van der Waals surface area contributed by atoms with Crippen molar-refractivity contribution in [3.8, 4) is 0 Å². The molecule has 1 N–H and O–H groups in total. The number of nitrogens with one attached hydrogen (secondary N) is 1. The molecule has 3 aromatic rings. The van der Waals surface area contributed by atoms with Gasteiger partial charge in [0.05, 0.1) is 22.2 Å². The number of aryl methyl sites for hydroxylation is 1. The lowest BCUT2D eigenvalue weighted by Gasteiger charge is -2.09. The molecule has 30 heavy (non-hydrogen) atoms. The molecule has 2 aromatic carbocycles. The summed E-state index contributed by atoms with van der Waals surface area (Å²) < 4.78 is 2.05. The van der Waals surface area contributed by atoms with Crippen LogP contribution < -0.4 is 5.32 Å². The number of benzene rings is 2. The van der Waals surface area contributed by atoms with Crippen molar-refractivity contribution in [2.45, 2.75) is 37.1 Å². The summed E-state index contributed by atoms with van der Waals surface area (Å²) in [6.45, 7) is 4.88. The smallest absolute Gasteiger partial charge is 0.234 e. The van der Waals surface area contributed by atoms with Crippen LogP contribution in [-0.2, 0) is 22.8 Å². The van der Waals surface area contributed by atoms with Gasteiger partial charge >= 0.3 is 0 Å². The fraction of sp³-hybridized carbons (Fsp3) is 0.286. The molecular weight excluding hydrogens is 459 g/mol. The van der Waals surface area contributed by atoms with E-state index in [1.807, 2.05) is 11.5 Å². The van der Waals surface area contributed by atoms with E-state index in [4.69, 9.17) is 23.2 Å². The number of hydrogen-bond donors (Lipinski definition) is 1. The Hall–Kier alpha value is -1.67. The lowest BCUT2D eigenvalue weighted by Crippen LogP contribution is -2.15. The first-order valence-corrected chi connectivity index (χ1v) is 12.3. The molecule has 0 spiro atoms. The fourth-order valence-corrected chi connectivity index (χ4v) is 4.79. The summed E-state index contributed by atoms with van der Waals surface area (Å²) in [5.74, 6) is 2.62. The number of carbonyl (C=O) groups excluding carboxylic acids is 1. The van der Waals surface area contributed by atoms with Crippen LogP contribution in [0.2, 0.25) is 10.0 Å². The molecule has 0 aliphatic heterocycles. The zero-order valence-corrected chi connectivity index (χ0v) is 19.8. The van der Waals surface area contributed by atoms with Crippen LogP contribution in [0.25, 0.3) is 0 Å². The number of rotatable bonds is 9. The Labute approximate surface area is 194 Å². The summed E-state index contributed by atoms with van der Waals surface area (Å²) in [6.07, 6.45) is 0. The first-order chi connectivity index (χ1) is 14.5. The van der Waals surface area contributed by atoms with Crippen molar-refractivity contribution in [3.05, 3.63) is 69.5 Å². The highest BCUT2D eigenvalue weighted by atomic mass is 35.5. The quantitative estimate of drug-likeness (QED) is 0.376. The van der Waals surface area contributed by atoms with E-state index in [-0.39, 0.29) is 11.7 Å². The molecule has 1 aromatic heterocycles. The predicted octanol–water partition coefficient (Wildman–Crippen LogP) is 6.08. The van der Waals surface area contributed by atoms with Crippen LogP contribution in [0.15, 0.2) is 47.6 Å². The maximum atomic E-state index is 12.3. The van der Waals surface area contributed by atoms with E-state index in [1.54, 1.807) is 30.0 Å². The lowest BCUT2D eigenvalue weighted by molar-refractivity contribution is -0.113. The first-order valence-electron chi connectivity index (χ1n) is 9.39. The molecule has 0 aliphatic rings. The van der Waals surface area contributed by atoms with E-state index in [1.165, 1.54) is 22.9 Å². The van der Waals surface area contributed by atoms with E-state index in [0.717, 1.165) is 29.0 Å². The summed E-state index contributed by atoms with van der Waals surface area (Å²) in [6, 6.07) is 13.5. The summed E-state index contributed by atoms with van der Waals surface area (Å²) in [7, 11) is 0. The van der Waals surface area contributed by atoms with Crippen molar-refractivity contribution >= 4 is 58.3 Å². The first kappa shape index (κ1) is 23.0. The van der Waals surface area contributed by atoms with Crippen LogP contribution in [0.4, 0.5) is 5.69 Å². The second kappa shape index (κ2) is 11.1. The van der Waals surface area contributed by atoms with Gasteiger partial charge < -0.3 is 9.88 Å². The minimum atomic E-state index is -0.176. The number of halogens is 2. The average molecular weight is 481 g/mol. The number of anilines is 1. The average Bonchev–Trinajstić information content (AvgIpc) is 3.12. The molecule has 9 heteroatoms. The standard InChI is InChI=1S/C21H22Cl2N4OS2/c1-3-27-19(12-29-11-15-6-4-14(2)5-7-15)25-26-21(27)30-13-20(28)24-18-10-16(22)8-9-17(18)23/h4-10H,3,11-13H2,1-2H3,(H,24,28). The normalized spacial score (nSPS) is 10.9. The Morgan fingerprint density at radius 1 is 1.10 bits per heavy atom. The van der Waals surface area contributed by atoms with Crippen molar-refractivity contribution in [1.29, 1.82) is 0 Å². The molecule has 5 nitrogen and oxygen atoms in total. The van der Waals surface area contributed by atoms with Crippen LogP contribution >= 0.6 is 46.7 Å². The molecule has 0 saturated heterocycles. The molecule has 0 radical (unpaired) electrons. The number of carbonyl (C=O) groups is 1. The Morgan fingerprint density at radius 3 is 2.60 bits per heavy atom. The summed E-state index contributed by atoms with van der Waals surface area (Å²) in [4.78, 5) is 12.3. The van der Waals surface area contributed by atoms with Gasteiger partial charge in [0.2, 0.25) is 5.91 Å². The third-order valence-corrected chi connectivity index (χ3v) is 6.80. The highest BCUT2D eigenvalue weighted by Crippen LogP contribution is 2.26. The summed E-state index contributed by atoms with van der Waals surface area (Å²) in [5, 5.41) is 13.1. The van der Waals surface area contributed by atoms with Gasteiger partial charge in [-0.25, -0.2) is 0 Å². The van der Waals surface area contributed by atoms with Gasteiger partial charge in [0.1, 0.15) is 5.82 Å². The van der Waals surface area contributed by atoms with Crippen molar-refractivity contribution < 1.29 is 4.79 Å². The molecule has 0 bridgehead atoms. The third kappa shape index (κ3) is 6.41. The van der Waals surface area contributed by atoms with Crippen molar-refractivity contribution in [2.75, 3.05) is 11.1 Å². The van der Waals surface area contributed by atoms with Crippen LogP contribution in [0, 0.1) is 6.92 Å². The van der Waals surface area contributed by atoms with Gasteiger partial charge in [-0.05, 0) is 37.6 Å². The van der Waals surface area contributed by atoms with Crippen LogP contribution in [0.1, 0.15) is 23.9 Å². The fourth-order valence-electron chi connectivity index (χ4n) is 2.70. The summed E-state index contributed by atoms with van der Waals surface area (Å²) in [5.41, 5.74) is 3.05. The van der Waals surface area contributed by atoms with E-state index in [2.05, 4.69) is 46.7 Å². The minimum absolute atomic E-state index is 0.176. The van der Waals surface area contributed by atoms with E-state index in [0.29, 0.717) is 15.7 Å². The molecule has 0 atom stereocenters. The molecule has 1 amide bonds. The zero-order chi connectivity index (χ0) is 21.5. The van der Waals surface area contributed by atoms with Gasteiger partial charge in [0.15, 0.2) is 5.16 Å². The maximum absolute atomic E-state index is 12.3. The largest absolute Gasteiger partial charge is 0.324 e. The topological polar surface area (TPSA) is 59.8 Å². The number of thioether (sulfide) groups is 2. The molecule has 3 rings (SSSR count). The van der Waals surface area contributed by atoms with Gasteiger partial charge in [-0.1, -0.05) is 64.8 Å².